The molecule has 2 aromatic rings. The molecule has 2 unspecified atom stereocenters. The number of carbonyl (C=O) groups is 1. The zero-order valence-electron chi connectivity index (χ0n) is 24.2. The summed E-state index contributed by atoms with van der Waals surface area (Å²) in [6.45, 7) is 17.1. The van der Waals surface area contributed by atoms with E-state index in [0.29, 0.717) is 24.2 Å². The maximum atomic E-state index is 11.6. The first-order chi connectivity index (χ1) is 19.7. The van der Waals surface area contributed by atoms with Crippen molar-refractivity contribution < 1.29 is 28.7 Å². The van der Waals surface area contributed by atoms with Gasteiger partial charge >= 0.3 is 11.9 Å². The van der Waals surface area contributed by atoms with Crippen LogP contribution in [0.5, 0.6) is 0 Å². The number of methoxy groups -OCH3 is 1. The van der Waals surface area contributed by atoms with Gasteiger partial charge < -0.3 is 24.7 Å². The highest BCUT2D eigenvalue weighted by Crippen LogP contribution is 2.30. The van der Waals surface area contributed by atoms with Gasteiger partial charge in [0.1, 0.15) is 18.1 Å². The average Bonchev–Trinajstić information content (AvgIpc) is 2.94. The summed E-state index contributed by atoms with van der Waals surface area (Å²) in [7, 11) is 1.74. The molecule has 0 saturated carbocycles. The van der Waals surface area contributed by atoms with Gasteiger partial charge in [-0.15, -0.1) is 0 Å². The third-order valence-corrected chi connectivity index (χ3v) is 7.38. The number of fused-ring (bicyclic) bond motifs is 2. The van der Waals surface area contributed by atoms with Crippen LogP contribution in [0, 0.1) is 5.41 Å². The van der Waals surface area contributed by atoms with Gasteiger partial charge in [0.2, 0.25) is 6.23 Å². The lowest BCUT2D eigenvalue weighted by Crippen LogP contribution is -2.49. The van der Waals surface area contributed by atoms with Crippen molar-refractivity contribution in [3.8, 4) is 0 Å². The molecule has 0 spiro atoms. The lowest BCUT2D eigenvalue weighted by atomic mass is 9.96. The van der Waals surface area contributed by atoms with Gasteiger partial charge in [0.05, 0.1) is 12.2 Å². The molecule has 0 amide bonds. The predicted octanol–water partition coefficient (Wildman–Crippen LogP) is 4.96. The van der Waals surface area contributed by atoms with E-state index >= 15 is 0 Å². The van der Waals surface area contributed by atoms with Crippen LogP contribution in [0.3, 0.4) is 0 Å². The van der Waals surface area contributed by atoms with Gasteiger partial charge in [-0.25, -0.2) is 10.1 Å². The van der Waals surface area contributed by atoms with Crippen LogP contribution in [0.1, 0.15) is 49.4 Å². The SMILES string of the molecule is C=C/C(=C(/OCc1ccc2c(c1)CCN(C(C)COC)C2)C(=C)C)c1cccc2[n+]1C(C)O/C(=C(/C=N)C(=O)O)N2. The van der Waals surface area contributed by atoms with Gasteiger partial charge in [0, 0.05) is 45.4 Å². The van der Waals surface area contributed by atoms with Gasteiger partial charge in [0.15, 0.2) is 5.57 Å². The summed E-state index contributed by atoms with van der Waals surface area (Å²) >= 11 is 0. The van der Waals surface area contributed by atoms with E-state index in [1.807, 2.05) is 36.6 Å². The average molecular weight is 560 g/mol. The standard InChI is InChI=1S/C32H38N4O5/c1-7-26(28-9-8-10-29-34-31(27(16-33)32(37)38)41-22(5)36(28)29)30(20(2)3)40-19-23-11-12-25-17-35(21(4)18-39-6)14-13-24(25)15-23/h7-12,15-16,21-22,33H,1-2,13-14,17-19H2,3-6H3,(H,37,38)/p+1/b30-26-,31-27-,33-16?. The third kappa shape index (κ3) is 6.42. The molecule has 2 aliphatic heterocycles. The second-order valence-electron chi connectivity index (χ2n) is 10.3. The van der Waals surface area contributed by atoms with Gasteiger partial charge in [-0.3, -0.25) is 4.90 Å². The van der Waals surface area contributed by atoms with Crippen molar-refractivity contribution in [2.75, 3.05) is 25.6 Å². The van der Waals surface area contributed by atoms with Crippen LogP contribution in [0.4, 0.5) is 5.82 Å². The van der Waals surface area contributed by atoms with E-state index < -0.39 is 12.2 Å². The Bertz CT molecular complexity index is 1430. The molecule has 2 aliphatic rings. The molecule has 0 aliphatic carbocycles. The zero-order valence-corrected chi connectivity index (χ0v) is 24.2. The Kier molecular flexibility index (Phi) is 9.42. The largest absolute Gasteiger partial charge is 0.488 e. The molecule has 2 atom stereocenters. The van der Waals surface area contributed by atoms with E-state index in [1.165, 1.54) is 11.1 Å². The summed E-state index contributed by atoms with van der Waals surface area (Å²) in [6.07, 6.45) is 2.90. The minimum absolute atomic E-state index is 0.0151. The molecule has 0 radical (unpaired) electrons. The van der Waals surface area contributed by atoms with E-state index in [-0.39, 0.29) is 11.5 Å². The first-order valence-electron chi connectivity index (χ1n) is 13.6. The smallest absolute Gasteiger partial charge is 0.345 e. The van der Waals surface area contributed by atoms with E-state index in [2.05, 4.69) is 48.5 Å². The number of anilines is 1. The van der Waals surface area contributed by atoms with Crippen molar-refractivity contribution in [1.29, 1.82) is 5.41 Å². The number of benzene rings is 1. The Balaban J connectivity index is 1.61. The third-order valence-electron chi connectivity index (χ3n) is 7.38. The van der Waals surface area contributed by atoms with Crippen LogP contribution in [-0.2, 0) is 38.6 Å². The predicted molar refractivity (Wildman–Crippen MR) is 158 cm³/mol. The van der Waals surface area contributed by atoms with Gasteiger partial charge in [-0.05, 0) is 54.7 Å². The van der Waals surface area contributed by atoms with Crippen molar-refractivity contribution >= 4 is 23.6 Å². The molecule has 1 aromatic carbocycles. The number of pyridine rings is 1. The number of carboxylic acid groups (broad SMARTS) is 1. The summed E-state index contributed by atoms with van der Waals surface area (Å²) in [5.74, 6) is -0.0105. The minimum Gasteiger partial charge on any atom is -0.488 e. The van der Waals surface area contributed by atoms with Crippen molar-refractivity contribution in [2.45, 2.75) is 52.6 Å². The number of hydrogen-bond donors (Lipinski definition) is 3. The molecular weight excluding hydrogens is 520 g/mol. The van der Waals surface area contributed by atoms with E-state index in [4.69, 9.17) is 19.6 Å². The number of ether oxygens (including phenoxy) is 3. The molecule has 9 heteroatoms. The second-order valence-corrected chi connectivity index (χ2v) is 10.3. The number of rotatable bonds is 11. The van der Waals surface area contributed by atoms with Crippen LogP contribution in [0.2, 0.25) is 0 Å². The Labute approximate surface area is 241 Å². The first kappa shape index (κ1) is 29.8. The molecule has 216 valence electrons. The van der Waals surface area contributed by atoms with Gasteiger partial charge in [-0.2, -0.15) is 4.57 Å². The molecule has 0 bridgehead atoms. The maximum absolute atomic E-state index is 11.6. The monoisotopic (exact) mass is 559 g/mol. The zero-order chi connectivity index (χ0) is 29.7. The Morgan fingerprint density at radius 2 is 2.12 bits per heavy atom. The topological polar surface area (TPSA) is 108 Å². The van der Waals surface area contributed by atoms with Gasteiger partial charge in [0.25, 0.3) is 5.82 Å². The van der Waals surface area contributed by atoms with E-state index in [1.54, 1.807) is 13.2 Å². The fourth-order valence-corrected chi connectivity index (χ4v) is 5.30. The minimum atomic E-state index is -1.25. The first-order valence-corrected chi connectivity index (χ1v) is 13.6. The van der Waals surface area contributed by atoms with Crippen LogP contribution >= 0.6 is 0 Å². The Hall–Kier alpha value is -4.21. The number of nitrogens with one attached hydrogen (secondary N) is 2. The summed E-state index contributed by atoms with van der Waals surface area (Å²) in [5.41, 5.74) is 5.73. The maximum Gasteiger partial charge on any atom is 0.345 e. The fraction of sp³-hybridized carbons (Fsp3) is 0.344. The number of carboxylic acids is 1. The molecule has 0 saturated heterocycles. The number of allylic oxidation sites excluding steroid dienone is 3. The highest BCUT2D eigenvalue weighted by atomic mass is 16.5. The molecule has 0 fully saturated rings. The summed E-state index contributed by atoms with van der Waals surface area (Å²) in [4.78, 5) is 14.0. The molecular formula is C32H39N4O5+. The second kappa shape index (κ2) is 13.0. The van der Waals surface area contributed by atoms with Gasteiger partial charge in [-0.1, -0.05) is 37.4 Å². The molecule has 4 rings (SSSR count). The fourth-order valence-electron chi connectivity index (χ4n) is 5.30. The quantitative estimate of drug-likeness (QED) is 0.117. The van der Waals surface area contributed by atoms with E-state index in [0.717, 1.165) is 54.7 Å². The molecule has 1 aromatic heterocycles. The molecule has 3 N–H and O–H groups in total. The van der Waals surface area contributed by atoms with Crippen LogP contribution in [0.15, 0.2) is 78.4 Å². The van der Waals surface area contributed by atoms with E-state index in [9.17, 15) is 9.90 Å². The number of aromatic nitrogens is 1. The van der Waals surface area contributed by atoms with Crippen LogP contribution in [-0.4, -0.2) is 48.5 Å². The van der Waals surface area contributed by atoms with Crippen molar-refractivity contribution in [3.63, 3.8) is 0 Å². The van der Waals surface area contributed by atoms with Crippen LogP contribution < -0.4 is 9.88 Å². The highest BCUT2D eigenvalue weighted by molar-refractivity contribution is 6.08. The number of nitrogens with zero attached hydrogens (tertiary/aromatic N) is 2. The summed E-state index contributed by atoms with van der Waals surface area (Å²) < 4.78 is 19.5. The Morgan fingerprint density at radius 3 is 2.78 bits per heavy atom. The van der Waals surface area contributed by atoms with Crippen molar-refractivity contribution in [2.24, 2.45) is 0 Å². The molecule has 41 heavy (non-hydrogen) atoms. The number of hydrogen-bond acceptors (Lipinski definition) is 7. The van der Waals surface area contributed by atoms with Crippen LogP contribution in [0.25, 0.3) is 5.57 Å². The normalized spacial score (nSPS) is 18.9. The lowest BCUT2D eigenvalue weighted by Gasteiger charge is -2.33. The summed E-state index contributed by atoms with van der Waals surface area (Å²) in [5, 5.41) is 20.0. The molecule has 9 nitrogen and oxygen atoms in total. The van der Waals surface area contributed by atoms with Crippen molar-refractivity contribution in [3.05, 3.63) is 101 Å². The molecule has 3 heterocycles. The lowest BCUT2D eigenvalue weighted by molar-refractivity contribution is -0.750. The Morgan fingerprint density at radius 1 is 1.34 bits per heavy atom. The van der Waals surface area contributed by atoms with Crippen molar-refractivity contribution in [1.82, 2.24) is 4.90 Å². The highest BCUT2D eigenvalue weighted by Gasteiger charge is 2.34. The summed E-state index contributed by atoms with van der Waals surface area (Å²) in [6, 6.07) is 12.5. The number of aliphatic carboxylic acids is 1.